The summed E-state index contributed by atoms with van der Waals surface area (Å²) >= 11 is 0. The van der Waals surface area contributed by atoms with Gasteiger partial charge in [0.25, 0.3) is 10.0 Å². The van der Waals surface area contributed by atoms with E-state index in [1.54, 1.807) is 6.92 Å². The summed E-state index contributed by atoms with van der Waals surface area (Å²) in [5, 5.41) is 0. The molecule has 22 heavy (non-hydrogen) atoms. The Kier molecular flexibility index (Phi) is 4.15. The zero-order valence-electron chi connectivity index (χ0n) is 11.3. The predicted molar refractivity (Wildman–Crippen MR) is 73.4 cm³/mol. The normalized spacial score (nSPS) is 12.2. The maximum Gasteiger partial charge on any atom is 0.416 e. The van der Waals surface area contributed by atoms with Crippen molar-refractivity contribution in [1.29, 1.82) is 0 Å². The van der Waals surface area contributed by atoms with Gasteiger partial charge in [0.2, 0.25) is 0 Å². The smallest absolute Gasteiger partial charge is 0.277 e. The van der Waals surface area contributed by atoms with E-state index in [0.717, 1.165) is 5.56 Å². The second-order valence-corrected chi connectivity index (χ2v) is 6.29. The van der Waals surface area contributed by atoms with Crippen LogP contribution >= 0.6 is 0 Å². The molecule has 0 aromatic heterocycles. The lowest BCUT2D eigenvalue weighted by Gasteiger charge is -2.12. The lowest BCUT2D eigenvalue weighted by Crippen LogP contribution is -2.15. The number of rotatable bonds is 3. The number of aryl methyl sites for hydroxylation is 1. The van der Waals surface area contributed by atoms with Gasteiger partial charge in [-0.1, -0.05) is 17.7 Å². The van der Waals surface area contributed by atoms with Crippen LogP contribution in [0.1, 0.15) is 11.1 Å². The molecular formula is C14H11F4NO2S. The molecule has 0 fully saturated rings. The third kappa shape index (κ3) is 3.56. The Morgan fingerprint density at radius 1 is 1.00 bits per heavy atom. The number of hydrogen-bond acceptors (Lipinski definition) is 2. The van der Waals surface area contributed by atoms with Crippen molar-refractivity contribution in [2.75, 3.05) is 4.72 Å². The van der Waals surface area contributed by atoms with Crippen LogP contribution in [0.5, 0.6) is 0 Å². The standard InChI is InChI=1S/C14H11F4NO2S/c1-9-2-5-11(6-3-9)22(20,21)19-13-8-10(14(16,17)18)4-7-12(13)15/h2-8,19H,1H3. The summed E-state index contributed by atoms with van der Waals surface area (Å²) in [6.45, 7) is 1.75. The molecule has 2 aromatic rings. The molecule has 0 amide bonds. The summed E-state index contributed by atoms with van der Waals surface area (Å²) in [6, 6.07) is 7.14. The molecule has 0 unspecified atom stereocenters. The van der Waals surface area contributed by atoms with Crippen molar-refractivity contribution in [3.05, 3.63) is 59.4 Å². The monoisotopic (exact) mass is 333 g/mol. The Morgan fingerprint density at radius 2 is 1.59 bits per heavy atom. The molecule has 0 bridgehead atoms. The van der Waals surface area contributed by atoms with E-state index >= 15 is 0 Å². The number of sulfonamides is 1. The van der Waals surface area contributed by atoms with Gasteiger partial charge in [-0.15, -0.1) is 0 Å². The maximum atomic E-state index is 13.6. The summed E-state index contributed by atoms with van der Waals surface area (Å²) in [5.74, 6) is -1.09. The Balaban J connectivity index is 2.39. The van der Waals surface area contributed by atoms with E-state index in [4.69, 9.17) is 0 Å². The fourth-order valence-corrected chi connectivity index (χ4v) is 2.76. The van der Waals surface area contributed by atoms with Crippen molar-refractivity contribution < 1.29 is 26.0 Å². The number of alkyl halides is 3. The number of nitrogens with one attached hydrogen (secondary N) is 1. The lowest BCUT2D eigenvalue weighted by atomic mass is 10.2. The van der Waals surface area contributed by atoms with Crippen LogP contribution in [0, 0.1) is 12.7 Å². The van der Waals surface area contributed by atoms with Gasteiger partial charge in [-0.2, -0.15) is 13.2 Å². The Labute approximate surface area is 124 Å². The highest BCUT2D eigenvalue weighted by Gasteiger charge is 2.31. The molecule has 0 aliphatic carbocycles. The molecule has 3 nitrogen and oxygen atoms in total. The van der Waals surface area contributed by atoms with Gasteiger partial charge in [0.1, 0.15) is 5.82 Å². The molecular weight excluding hydrogens is 322 g/mol. The highest BCUT2D eigenvalue weighted by Crippen LogP contribution is 2.32. The van der Waals surface area contributed by atoms with Crippen LogP contribution < -0.4 is 4.72 Å². The van der Waals surface area contributed by atoms with Crippen LogP contribution in [0.3, 0.4) is 0 Å². The van der Waals surface area contributed by atoms with Gasteiger partial charge in [-0.3, -0.25) is 4.72 Å². The van der Waals surface area contributed by atoms with Crippen LogP contribution in [0.2, 0.25) is 0 Å². The van der Waals surface area contributed by atoms with Gasteiger partial charge in [-0.05, 0) is 37.3 Å². The molecule has 8 heteroatoms. The topological polar surface area (TPSA) is 46.2 Å². The molecule has 2 aromatic carbocycles. The summed E-state index contributed by atoms with van der Waals surface area (Å²) in [4.78, 5) is -0.171. The molecule has 0 saturated heterocycles. The molecule has 0 aliphatic rings. The SMILES string of the molecule is Cc1ccc(S(=O)(=O)Nc2cc(C(F)(F)F)ccc2F)cc1. The van der Waals surface area contributed by atoms with E-state index in [-0.39, 0.29) is 4.90 Å². The largest absolute Gasteiger partial charge is 0.416 e. The number of anilines is 1. The molecule has 0 atom stereocenters. The number of hydrogen-bond donors (Lipinski definition) is 1. The second kappa shape index (κ2) is 5.60. The molecule has 2 rings (SSSR count). The predicted octanol–water partition coefficient (Wildman–Crippen LogP) is 3.95. The zero-order valence-corrected chi connectivity index (χ0v) is 12.1. The molecule has 1 N–H and O–H groups in total. The first-order valence-corrected chi connectivity index (χ1v) is 7.54. The van der Waals surface area contributed by atoms with Gasteiger partial charge in [-0.25, -0.2) is 12.8 Å². The van der Waals surface area contributed by atoms with Crippen molar-refractivity contribution in [3.63, 3.8) is 0 Å². The van der Waals surface area contributed by atoms with E-state index in [1.165, 1.54) is 24.3 Å². The second-order valence-electron chi connectivity index (χ2n) is 4.61. The van der Waals surface area contributed by atoms with Crippen LogP contribution in [0.15, 0.2) is 47.4 Å². The van der Waals surface area contributed by atoms with Crippen LogP contribution in [0.4, 0.5) is 23.2 Å². The average Bonchev–Trinajstić information content (AvgIpc) is 2.40. The third-order valence-electron chi connectivity index (χ3n) is 2.87. The van der Waals surface area contributed by atoms with Crippen molar-refractivity contribution in [2.24, 2.45) is 0 Å². The lowest BCUT2D eigenvalue weighted by molar-refractivity contribution is -0.137. The fourth-order valence-electron chi connectivity index (χ4n) is 1.70. The molecule has 0 aliphatic heterocycles. The molecule has 0 heterocycles. The van der Waals surface area contributed by atoms with Gasteiger partial charge >= 0.3 is 6.18 Å². The van der Waals surface area contributed by atoms with Gasteiger partial charge in [0.15, 0.2) is 0 Å². The number of benzene rings is 2. The van der Waals surface area contributed by atoms with E-state index in [1.807, 2.05) is 4.72 Å². The average molecular weight is 333 g/mol. The zero-order chi connectivity index (χ0) is 16.5. The summed E-state index contributed by atoms with van der Waals surface area (Å²) in [6.07, 6.45) is -4.70. The molecule has 0 spiro atoms. The van der Waals surface area contributed by atoms with Gasteiger partial charge in [0.05, 0.1) is 16.1 Å². The van der Waals surface area contributed by atoms with Crippen LogP contribution in [-0.2, 0) is 16.2 Å². The van der Waals surface area contributed by atoms with Crippen molar-refractivity contribution in [2.45, 2.75) is 18.0 Å². The Morgan fingerprint density at radius 3 is 2.14 bits per heavy atom. The highest BCUT2D eigenvalue weighted by atomic mass is 32.2. The third-order valence-corrected chi connectivity index (χ3v) is 4.25. The maximum absolute atomic E-state index is 13.6. The fraction of sp³-hybridized carbons (Fsp3) is 0.143. The first-order valence-electron chi connectivity index (χ1n) is 6.06. The van der Waals surface area contributed by atoms with Crippen LogP contribution in [-0.4, -0.2) is 8.42 Å². The van der Waals surface area contributed by atoms with Gasteiger partial charge in [0, 0.05) is 0 Å². The Bertz CT molecular complexity index is 783. The summed E-state index contributed by atoms with van der Waals surface area (Å²) in [5.41, 5.74) is -1.09. The molecule has 0 radical (unpaired) electrons. The number of halogens is 4. The van der Waals surface area contributed by atoms with Crippen LogP contribution in [0.25, 0.3) is 0 Å². The minimum atomic E-state index is -4.70. The first kappa shape index (κ1) is 16.3. The Hall–Kier alpha value is -2.09. The van der Waals surface area contributed by atoms with E-state index in [2.05, 4.69) is 0 Å². The van der Waals surface area contributed by atoms with E-state index in [9.17, 15) is 26.0 Å². The quantitative estimate of drug-likeness (QED) is 0.865. The molecule has 118 valence electrons. The summed E-state index contributed by atoms with van der Waals surface area (Å²) in [7, 11) is -4.17. The van der Waals surface area contributed by atoms with Crippen molar-refractivity contribution in [1.82, 2.24) is 0 Å². The highest BCUT2D eigenvalue weighted by molar-refractivity contribution is 7.92. The van der Waals surface area contributed by atoms with Gasteiger partial charge < -0.3 is 0 Å². The summed E-state index contributed by atoms with van der Waals surface area (Å²) < 4.78 is 77.3. The first-order chi connectivity index (χ1) is 10.1. The van der Waals surface area contributed by atoms with E-state index in [0.29, 0.717) is 18.2 Å². The molecule has 0 saturated carbocycles. The minimum Gasteiger partial charge on any atom is -0.277 e. The van der Waals surface area contributed by atoms with E-state index < -0.39 is 33.3 Å². The van der Waals surface area contributed by atoms with Crippen molar-refractivity contribution in [3.8, 4) is 0 Å². The van der Waals surface area contributed by atoms with Crippen molar-refractivity contribution >= 4 is 15.7 Å². The minimum absolute atomic E-state index is 0.171.